The van der Waals surface area contributed by atoms with E-state index in [1.807, 2.05) is 37.3 Å². The van der Waals surface area contributed by atoms with Gasteiger partial charge in [-0.15, -0.1) is 5.10 Å². The lowest BCUT2D eigenvalue weighted by Gasteiger charge is -2.17. The van der Waals surface area contributed by atoms with Gasteiger partial charge < -0.3 is 14.2 Å². The Morgan fingerprint density at radius 1 is 1.20 bits per heavy atom. The number of thioether (sulfide) groups is 1. The Morgan fingerprint density at radius 2 is 1.97 bits per heavy atom. The second kappa shape index (κ2) is 11.9. The standard InChI is InChI=1S/C25H26ClN3O5S/c1-14(2)18-10-19(26)15(3)8-21(18)34-13-17-9-16(6-7-20(17)32-4)12-27-29-25-28-24(31)22(35-25)11-23(30)33-5/h6-12,14H,13H2,1-5H3,(H,28,29,31)/b22-11+,27-12?. The molecular weight excluding hydrogens is 490 g/mol. The number of halogens is 1. The number of benzene rings is 2. The van der Waals surface area contributed by atoms with Crippen LogP contribution >= 0.6 is 23.4 Å². The number of carbonyl (C=O) groups is 2. The van der Waals surface area contributed by atoms with Crippen molar-refractivity contribution in [3.05, 3.63) is 68.6 Å². The summed E-state index contributed by atoms with van der Waals surface area (Å²) in [5, 5.41) is 11.6. The first-order valence-electron chi connectivity index (χ1n) is 10.7. The van der Waals surface area contributed by atoms with Crippen LogP contribution in [0, 0.1) is 6.92 Å². The summed E-state index contributed by atoms with van der Waals surface area (Å²) >= 11 is 7.31. The molecule has 1 aliphatic heterocycles. The van der Waals surface area contributed by atoms with E-state index in [1.165, 1.54) is 7.11 Å². The quantitative estimate of drug-likeness (QED) is 0.231. The fourth-order valence-corrected chi connectivity index (χ4v) is 4.09. The first-order valence-corrected chi connectivity index (χ1v) is 11.9. The highest BCUT2D eigenvalue weighted by Crippen LogP contribution is 2.33. The first-order chi connectivity index (χ1) is 16.7. The summed E-state index contributed by atoms with van der Waals surface area (Å²) in [6.45, 7) is 6.41. The second-order valence-corrected chi connectivity index (χ2v) is 9.33. The molecule has 35 heavy (non-hydrogen) atoms. The largest absolute Gasteiger partial charge is 0.496 e. The summed E-state index contributed by atoms with van der Waals surface area (Å²) in [5.74, 6) is 0.659. The Kier molecular flexibility index (Phi) is 8.95. The molecule has 8 nitrogen and oxygen atoms in total. The van der Waals surface area contributed by atoms with E-state index >= 15 is 0 Å². The Morgan fingerprint density at radius 3 is 2.66 bits per heavy atom. The van der Waals surface area contributed by atoms with E-state index < -0.39 is 11.9 Å². The number of nitrogens with zero attached hydrogens (tertiary/aromatic N) is 2. The highest BCUT2D eigenvalue weighted by Gasteiger charge is 2.25. The zero-order chi connectivity index (χ0) is 25.5. The zero-order valence-electron chi connectivity index (χ0n) is 20.0. The fourth-order valence-electron chi connectivity index (χ4n) is 3.18. The minimum Gasteiger partial charge on any atom is -0.496 e. The number of rotatable bonds is 8. The lowest BCUT2D eigenvalue weighted by atomic mass is 10.0. The van der Waals surface area contributed by atoms with E-state index in [0.717, 1.165) is 45.8 Å². The van der Waals surface area contributed by atoms with Crippen molar-refractivity contribution in [2.24, 2.45) is 10.2 Å². The number of esters is 1. The average molecular weight is 516 g/mol. The number of aryl methyl sites for hydroxylation is 1. The van der Waals surface area contributed by atoms with Crippen molar-refractivity contribution in [2.75, 3.05) is 14.2 Å². The Labute approximate surface area is 213 Å². The number of ether oxygens (including phenoxy) is 3. The third-order valence-electron chi connectivity index (χ3n) is 5.06. The van der Waals surface area contributed by atoms with Crippen molar-refractivity contribution < 1.29 is 23.8 Å². The SMILES string of the molecule is COC(=O)/C=C1/S/C(=N\N=Cc2ccc(OC)c(COc3cc(C)c(Cl)cc3C(C)C)c2)NC1=O. The molecular formula is C25H26ClN3O5S. The fraction of sp³-hybridized carbons (Fsp3) is 0.280. The molecule has 1 aliphatic rings. The highest BCUT2D eigenvalue weighted by atomic mass is 35.5. The normalized spacial score (nSPS) is 15.8. The van der Waals surface area contributed by atoms with Gasteiger partial charge in [-0.05, 0) is 71.6 Å². The molecule has 2 aromatic carbocycles. The Bertz CT molecular complexity index is 1220. The Hall–Kier alpha value is -3.30. The number of hydrogen-bond donors (Lipinski definition) is 1. The van der Waals surface area contributed by atoms with Gasteiger partial charge in [0.15, 0.2) is 5.17 Å². The molecule has 3 rings (SSSR count). The summed E-state index contributed by atoms with van der Waals surface area (Å²) in [7, 11) is 2.84. The highest BCUT2D eigenvalue weighted by molar-refractivity contribution is 8.18. The molecule has 0 spiro atoms. The molecule has 0 bridgehead atoms. The van der Waals surface area contributed by atoms with Crippen molar-refractivity contribution in [2.45, 2.75) is 33.3 Å². The van der Waals surface area contributed by atoms with Crippen molar-refractivity contribution in [1.29, 1.82) is 0 Å². The molecule has 0 unspecified atom stereocenters. The van der Waals surface area contributed by atoms with E-state index in [9.17, 15) is 9.59 Å². The van der Waals surface area contributed by atoms with Crippen LogP contribution in [0.2, 0.25) is 5.02 Å². The van der Waals surface area contributed by atoms with Crippen LogP contribution in [0.1, 0.15) is 42.0 Å². The van der Waals surface area contributed by atoms with Gasteiger partial charge in [-0.25, -0.2) is 4.79 Å². The predicted molar refractivity (Wildman–Crippen MR) is 138 cm³/mol. The van der Waals surface area contributed by atoms with Crippen molar-refractivity contribution in [3.63, 3.8) is 0 Å². The van der Waals surface area contributed by atoms with Gasteiger partial charge in [0.1, 0.15) is 18.1 Å². The molecule has 10 heteroatoms. The van der Waals surface area contributed by atoms with E-state index in [-0.39, 0.29) is 22.6 Å². The molecule has 2 aromatic rings. The minimum atomic E-state index is -0.616. The molecule has 0 aliphatic carbocycles. The third-order valence-corrected chi connectivity index (χ3v) is 6.36. The molecule has 1 heterocycles. The Balaban J connectivity index is 1.75. The molecule has 0 saturated carbocycles. The van der Waals surface area contributed by atoms with Gasteiger partial charge in [-0.2, -0.15) is 5.10 Å². The third kappa shape index (κ3) is 6.86. The van der Waals surface area contributed by atoms with Gasteiger partial charge in [0.05, 0.1) is 25.3 Å². The van der Waals surface area contributed by atoms with Crippen LogP contribution in [0.3, 0.4) is 0 Å². The van der Waals surface area contributed by atoms with Crippen LogP contribution in [0.25, 0.3) is 0 Å². The summed E-state index contributed by atoms with van der Waals surface area (Å²) in [4.78, 5) is 23.4. The van der Waals surface area contributed by atoms with Crippen LogP contribution in [-0.2, 0) is 20.9 Å². The number of amides is 1. The number of nitrogens with one attached hydrogen (secondary N) is 1. The lowest BCUT2D eigenvalue weighted by Crippen LogP contribution is -2.19. The molecule has 1 N–H and O–H groups in total. The van der Waals surface area contributed by atoms with E-state index in [2.05, 4.69) is 34.1 Å². The minimum absolute atomic E-state index is 0.188. The van der Waals surface area contributed by atoms with E-state index in [1.54, 1.807) is 13.3 Å². The van der Waals surface area contributed by atoms with Gasteiger partial charge in [0.2, 0.25) is 0 Å². The summed E-state index contributed by atoms with van der Waals surface area (Å²) in [6, 6.07) is 9.45. The topological polar surface area (TPSA) is 98.6 Å². The van der Waals surface area contributed by atoms with Gasteiger partial charge >= 0.3 is 5.97 Å². The van der Waals surface area contributed by atoms with Crippen LogP contribution in [0.5, 0.6) is 11.5 Å². The van der Waals surface area contributed by atoms with Gasteiger partial charge in [-0.3, -0.25) is 10.1 Å². The zero-order valence-corrected chi connectivity index (χ0v) is 21.6. The van der Waals surface area contributed by atoms with E-state index in [0.29, 0.717) is 10.8 Å². The summed E-state index contributed by atoms with van der Waals surface area (Å²) < 4.78 is 16.2. The van der Waals surface area contributed by atoms with Gasteiger partial charge in [0.25, 0.3) is 5.91 Å². The summed E-state index contributed by atoms with van der Waals surface area (Å²) in [5.41, 5.74) is 3.58. The molecule has 184 valence electrons. The smallest absolute Gasteiger partial charge is 0.331 e. The molecule has 1 fully saturated rings. The predicted octanol–water partition coefficient (Wildman–Crippen LogP) is 4.97. The van der Waals surface area contributed by atoms with Crippen molar-refractivity contribution >= 4 is 46.6 Å². The summed E-state index contributed by atoms with van der Waals surface area (Å²) in [6.07, 6.45) is 2.66. The maximum Gasteiger partial charge on any atom is 0.331 e. The monoisotopic (exact) mass is 515 g/mol. The molecule has 1 amide bonds. The van der Waals surface area contributed by atoms with Gasteiger partial charge in [0, 0.05) is 16.7 Å². The lowest BCUT2D eigenvalue weighted by molar-refractivity contribution is -0.135. The molecule has 0 aromatic heterocycles. The maximum atomic E-state index is 11.9. The molecule has 0 radical (unpaired) electrons. The number of hydrogen-bond acceptors (Lipinski definition) is 8. The van der Waals surface area contributed by atoms with Crippen LogP contribution in [0.4, 0.5) is 0 Å². The van der Waals surface area contributed by atoms with Gasteiger partial charge in [-0.1, -0.05) is 25.4 Å². The van der Waals surface area contributed by atoms with E-state index in [4.69, 9.17) is 21.1 Å². The number of carbonyl (C=O) groups excluding carboxylic acids is 2. The van der Waals surface area contributed by atoms with Crippen LogP contribution < -0.4 is 14.8 Å². The first kappa shape index (κ1) is 26.3. The van der Waals surface area contributed by atoms with Crippen LogP contribution in [0.15, 0.2) is 51.5 Å². The van der Waals surface area contributed by atoms with Crippen molar-refractivity contribution in [1.82, 2.24) is 5.32 Å². The molecule has 1 saturated heterocycles. The van der Waals surface area contributed by atoms with Crippen molar-refractivity contribution in [3.8, 4) is 11.5 Å². The number of methoxy groups -OCH3 is 2. The maximum absolute atomic E-state index is 11.9. The molecule has 0 atom stereocenters. The second-order valence-electron chi connectivity index (χ2n) is 7.89. The average Bonchev–Trinajstić information content (AvgIpc) is 3.17. The number of amidine groups is 1. The van der Waals surface area contributed by atoms with Crippen LogP contribution in [-0.4, -0.2) is 37.5 Å².